The summed E-state index contributed by atoms with van der Waals surface area (Å²) in [5, 5.41) is 1.97. The summed E-state index contributed by atoms with van der Waals surface area (Å²) in [6.45, 7) is 1.98. The van der Waals surface area contributed by atoms with E-state index in [-0.39, 0.29) is 23.3 Å². The van der Waals surface area contributed by atoms with E-state index in [9.17, 15) is 31.2 Å². The van der Waals surface area contributed by atoms with Crippen LogP contribution in [0, 0.1) is 6.92 Å². The van der Waals surface area contributed by atoms with E-state index in [1.165, 1.54) is 36.4 Å². The Morgan fingerprint density at radius 3 is 2.18 bits per heavy atom. The van der Waals surface area contributed by atoms with Crippen LogP contribution in [-0.2, 0) is 31.8 Å². The van der Waals surface area contributed by atoms with E-state index >= 15 is 0 Å². The molecule has 11 heteroatoms. The molecule has 3 aromatic rings. The number of sulfonamides is 1. The van der Waals surface area contributed by atoms with Gasteiger partial charge in [0, 0.05) is 6.42 Å². The molecule has 0 bridgehead atoms. The van der Waals surface area contributed by atoms with Gasteiger partial charge in [0.15, 0.2) is 5.54 Å². The first-order valence-corrected chi connectivity index (χ1v) is 13.7. The zero-order valence-corrected chi connectivity index (χ0v) is 21.8. The average Bonchev–Trinajstić information content (AvgIpc) is 2.86. The number of carbonyl (C=O) groups is 2. The first-order chi connectivity index (χ1) is 18.3. The summed E-state index contributed by atoms with van der Waals surface area (Å²) >= 11 is 0. The van der Waals surface area contributed by atoms with Gasteiger partial charge in [0.05, 0.1) is 6.26 Å². The number of rotatable bonds is 7. The lowest BCUT2D eigenvalue weighted by Gasteiger charge is -2.41. The largest absolute Gasteiger partial charge is 0.489 e. The van der Waals surface area contributed by atoms with E-state index in [1.807, 2.05) is 35.6 Å². The second-order valence-electron chi connectivity index (χ2n) is 9.26. The minimum Gasteiger partial charge on any atom is -0.489 e. The number of hydrogen-bond donors (Lipinski definition) is 2. The molecule has 7 nitrogen and oxygen atoms in total. The van der Waals surface area contributed by atoms with Crippen LogP contribution in [-0.4, -0.2) is 32.7 Å². The van der Waals surface area contributed by atoms with Crippen LogP contribution in [0.1, 0.15) is 28.7 Å². The predicted molar refractivity (Wildman–Crippen MR) is 139 cm³/mol. The number of alkyl halides is 3. The number of hydrogen-bond acceptors (Lipinski definition) is 5. The van der Waals surface area contributed by atoms with E-state index in [1.54, 1.807) is 23.8 Å². The monoisotopic (exact) mass is 558 g/mol. The van der Waals surface area contributed by atoms with Crippen molar-refractivity contribution in [3.05, 3.63) is 107 Å². The molecule has 0 aromatic heterocycles. The molecule has 0 fully saturated rings. The maximum Gasteiger partial charge on any atom is 0.416 e. The van der Waals surface area contributed by atoms with Gasteiger partial charge in [-0.25, -0.2) is 13.1 Å². The summed E-state index contributed by atoms with van der Waals surface area (Å²) in [7, 11) is -4.10. The van der Waals surface area contributed by atoms with Gasteiger partial charge in [-0.05, 0) is 41.3 Å². The highest BCUT2D eigenvalue weighted by Crippen LogP contribution is 2.48. The molecular weight excluding hydrogens is 533 g/mol. The average molecular weight is 559 g/mol. The fourth-order valence-electron chi connectivity index (χ4n) is 4.34. The molecule has 0 saturated carbocycles. The second-order valence-corrected chi connectivity index (χ2v) is 11.0. The number of ether oxygens (including phenoxy) is 1. The standard InChI is InChI=1S/C28H25F3N2O5S/c1-18-8-10-20(11-9-18)23-16-27(28(29,30)31,32-25(34)24(23)26(35)33-39(2,36)37)21-12-14-22(15-13-21)38-17-19-6-4-3-5-7-19/h3-15H,16-17H2,1-2H3,(H,32,34)(H,33,35). The van der Waals surface area contributed by atoms with Gasteiger partial charge in [-0.15, -0.1) is 0 Å². The van der Waals surface area contributed by atoms with Crippen molar-refractivity contribution in [2.75, 3.05) is 6.26 Å². The smallest absolute Gasteiger partial charge is 0.416 e. The quantitative estimate of drug-likeness (QED) is 0.419. The Morgan fingerprint density at radius 2 is 1.62 bits per heavy atom. The third-order valence-corrected chi connectivity index (χ3v) is 6.84. The summed E-state index contributed by atoms with van der Waals surface area (Å²) in [6, 6.07) is 20.6. The second kappa shape index (κ2) is 10.6. The lowest BCUT2D eigenvalue weighted by atomic mass is 9.76. The predicted octanol–water partition coefficient (Wildman–Crippen LogP) is 4.38. The number of halogens is 3. The highest BCUT2D eigenvalue weighted by Gasteiger charge is 2.60. The molecular formula is C28H25F3N2O5S. The van der Waals surface area contributed by atoms with E-state index in [0.717, 1.165) is 11.1 Å². The SMILES string of the molecule is Cc1ccc(C2=C(C(=O)NS(C)(=O)=O)C(=O)NC(c3ccc(OCc4ccccc4)cc3)(C(F)(F)F)C2)cc1. The van der Waals surface area contributed by atoms with Crippen molar-refractivity contribution in [3.8, 4) is 5.75 Å². The Hall–Kier alpha value is -4.12. The van der Waals surface area contributed by atoms with Crippen LogP contribution in [0.5, 0.6) is 5.75 Å². The van der Waals surface area contributed by atoms with E-state index in [0.29, 0.717) is 12.0 Å². The molecule has 0 spiro atoms. The molecule has 2 amide bonds. The van der Waals surface area contributed by atoms with Gasteiger partial charge in [0.2, 0.25) is 10.0 Å². The number of benzene rings is 3. The van der Waals surface area contributed by atoms with Crippen molar-refractivity contribution >= 4 is 27.4 Å². The van der Waals surface area contributed by atoms with Gasteiger partial charge in [-0.1, -0.05) is 72.3 Å². The van der Waals surface area contributed by atoms with Crippen LogP contribution in [0.15, 0.2) is 84.4 Å². The van der Waals surface area contributed by atoms with E-state index in [4.69, 9.17) is 4.74 Å². The maximum atomic E-state index is 14.8. The molecule has 3 aromatic carbocycles. The molecule has 0 aliphatic carbocycles. The van der Waals surface area contributed by atoms with Crippen molar-refractivity contribution in [2.24, 2.45) is 0 Å². The van der Waals surface area contributed by atoms with Crippen LogP contribution in [0.4, 0.5) is 13.2 Å². The molecule has 0 saturated heterocycles. The highest BCUT2D eigenvalue weighted by molar-refractivity contribution is 7.89. The lowest BCUT2D eigenvalue weighted by molar-refractivity contribution is -0.201. The van der Waals surface area contributed by atoms with Gasteiger partial charge in [0.25, 0.3) is 11.8 Å². The van der Waals surface area contributed by atoms with Crippen molar-refractivity contribution in [2.45, 2.75) is 31.7 Å². The van der Waals surface area contributed by atoms with Gasteiger partial charge >= 0.3 is 6.18 Å². The third kappa shape index (κ3) is 6.14. The summed E-state index contributed by atoms with van der Waals surface area (Å²) in [5.41, 5.74) is -2.24. The number of amides is 2. The van der Waals surface area contributed by atoms with Gasteiger partial charge < -0.3 is 10.1 Å². The van der Waals surface area contributed by atoms with Gasteiger partial charge in [-0.3, -0.25) is 9.59 Å². The van der Waals surface area contributed by atoms with E-state index < -0.39 is 45.5 Å². The molecule has 1 aliphatic heterocycles. The lowest BCUT2D eigenvalue weighted by Crippen LogP contribution is -2.59. The van der Waals surface area contributed by atoms with Crippen LogP contribution < -0.4 is 14.8 Å². The minimum absolute atomic E-state index is 0.186. The first-order valence-electron chi connectivity index (χ1n) is 11.8. The van der Waals surface area contributed by atoms with Crippen molar-refractivity contribution in [1.29, 1.82) is 0 Å². The van der Waals surface area contributed by atoms with Crippen LogP contribution >= 0.6 is 0 Å². The molecule has 1 heterocycles. The Labute approximate surface area is 223 Å². The van der Waals surface area contributed by atoms with E-state index in [2.05, 4.69) is 0 Å². The third-order valence-electron chi connectivity index (χ3n) is 6.28. The Kier molecular flexibility index (Phi) is 7.56. The Morgan fingerprint density at radius 1 is 1.00 bits per heavy atom. The Balaban J connectivity index is 1.77. The normalized spacial score (nSPS) is 17.9. The van der Waals surface area contributed by atoms with Crippen LogP contribution in [0.2, 0.25) is 0 Å². The summed E-state index contributed by atoms with van der Waals surface area (Å²) in [4.78, 5) is 26.0. The van der Waals surface area contributed by atoms with Gasteiger partial charge in [-0.2, -0.15) is 13.2 Å². The van der Waals surface area contributed by atoms with Crippen molar-refractivity contribution < 1.29 is 35.9 Å². The fraction of sp³-hybridized carbons (Fsp3) is 0.214. The summed E-state index contributed by atoms with van der Waals surface area (Å²) in [5.74, 6) is -2.34. The molecule has 4 rings (SSSR count). The molecule has 1 unspecified atom stereocenters. The Bertz CT molecular complexity index is 1520. The summed E-state index contributed by atoms with van der Waals surface area (Å²) in [6.07, 6.45) is -5.12. The van der Waals surface area contributed by atoms with Crippen LogP contribution in [0.3, 0.4) is 0 Å². The molecule has 39 heavy (non-hydrogen) atoms. The first kappa shape index (κ1) is 27.9. The van der Waals surface area contributed by atoms with Crippen molar-refractivity contribution in [3.63, 3.8) is 0 Å². The number of carbonyl (C=O) groups excluding carboxylic acids is 2. The molecule has 204 valence electrons. The highest BCUT2D eigenvalue weighted by atomic mass is 32.2. The van der Waals surface area contributed by atoms with Crippen molar-refractivity contribution in [1.82, 2.24) is 10.0 Å². The minimum atomic E-state index is -4.98. The molecule has 0 radical (unpaired) electrons. The zero-order chi connectivity index (χ0) is 28.4. The van der Waals surface area contributed by atoms with Gasteiger partial charge in [0.1, 0.15) is 17.9 Å². The number of aryl methyl sites for hydroxylation is 1. The fourth-order valence-corrected chi connectivity index (χ4v) is 4.78. The topological polar surface area (TPSA) is 102 Å². The zero-order valence-electron chi connectivity index (χ0n) is 21.0. The van der Waals surface area contributed by atoms with Crippen LogP contribution in [0.25, 0.3) is 5.57 Å². The maximum absolute atomic E-state index is 14.8. The molecule has 1 aliphatic rings. The summed E-state index contributed by atoms with van der Waals surface area (Å²) < 4.78 is 75.2. The molecule has 2 N–H and O–H groups in total. The number of nitrogens with one attached hydrogen (secondary N) is 2. The molecule has 1 atom stereocenters.